The minimum Gasteiger partial charge on any atom is -0.396 e. The van der Waals surface area contributed by atoms with E-state index in [1.54, 1.807) is 6.07 Å². The van der Waals surface area contributed by atoms with E-state index < -0.39 is 34.6 Å². The van der Waals surface area contributed by atoms with Crippen LogP contribution < -0.4 is 5.14 Å². The van der Waals surface area contributed by atoms with Gasteiger partial charge in [0.2, 0.25) is 10.0 Å². The molecule has 0 fully saturated rings. The number of primary sulfonamides is 1. The van der Waals surface area contributed by atoms with Gasteiger partial charge in [0.05, 0.1) is 12.5 Å². The molecule has 1 heterocycles. The highest BCUT2D eigenvalue weighted by Crippen LogP contribution is 2.46. The molecule has 0 aliphatic carbocycles. The first-order chi connectivity index (χ1) is 10.7. The molecule has 2 unspecified atom stereocenters. The lowest BCUT2D eigenvalue weighted by Crippen LogP contribution is -2.30. The number of rotatable bonds is 5. The number of alkyl halides is 3. The molecule has 0 bridgehead atoms. The van der Waals surface area contributed by atoms with Gasteiger partial charge in [-0.3, -0.25) is 0 Å². The number of halogens is 3. The van der Waals surface area contributed by atoms with E-state index in [4.69, 9.17) is 5.14 Å². The number of nitrogens with two attached hydrogens (primary N) is 1. The molecule has 2 rings (SSSR count). The maximum atomic E-state index is 13.6. The van der Waals surface area contributed by atoms with Crippen molar-refractivity contribution >= 4 is 21.4 Å². The van der Waals surface area contributed by atoms with Crippen molar-refractivity contribution in [2.24, 2.45) is 5.14 Å². The molecule has 126 valence electrons. The summed E-state index contributed by atoms with van der Waals surface area (Å²) in [4.78, 5) is 0. The number of sulfonamides is 1. The fourth-order valence-corrected chi connectivity index (χ4v) is 4.45. The molecule has 0 saturated heterocycles. The molecule has 3 N–H and O–H groups in total. The van der Waals surface area contributed by atoms with Gasteiger partial charge in [0.25, 0.3) is 0 Å². The highest BCUT2D eigenvalue weighted by Gasteiger charge is 2.47. The van der Waals surface area contributed by atoms with Crippen LogP contribution in [0.4, 0.5) is 13.2 Å². The SMILES string of the molecule is NS(=O)(=O)c1sccc1C(CO)C(c1ccccc1)C(F)(F)F. The average molecular weight is 365 g/mol. The van der Waals surface area contributed by atoms with Gasteiger partial charge >= 0.3 is 6.18 Å². The van der Waals surface area contributed by atoms with Gasteiger partial charge in [-0.1, -0.05) is 30.3 Å². The normalized spacial score (nSPS) is 15.3. The molecule has 1 aromatic carbocycles. The van der Waals surface area contributed by atoms with Crippen LogP contribution in [0.3, 0.4) is 0 Å². The van der Waals surface area contributed by atoms with Crippen molar-refractivity contribution in [1.82, 2.24) is 0 Å². The smallest absolute Gasteiger partial charge is 0.396 e. The number of thiophene rings is 1. The summed E-state index contributed by atoms with van der Waals surface area (Å²) in [6.45, 7) is -0.863. The summed E-state index contributed by atoms with van der Waals surface area (Å²) in [5.41, 5.74) is -0.170. The summed E-state index contributed by atoms with van der Waals surface area (Å²) in [7, 11) is -4.17. The topological polar surface area (TPSA) is 80.4 Å². The second-order valence-corrected chi connectivity index (χ2v) is 7.60. The maximum Gasteiger partial charge on any atom is 0.396 e. The number of hydrogen-bond acceptors (Lipinski definition) is 4. The Morgan fingerprint density at radius 3 is 2.26 bits per heavy atom. The molecule has 0 amide bonds. The largest absolute Gasteiger partial charge is 0.396 e. The molecular weight excluding hydrogens is 351 g/mol. The summed E-state index contributed by atoms with van der Waals surface area (Å²) in [5, 5.41) is 16.0. The van der Waals surface area contributed by atoms with Gasteiger partial charge in [0.1, 0.15) is 4.21 Å². The van der Waals surface area contributed by atoms with Crippen molar-refractivity contribution in [3.8, 4) is 0 Å². The molecule has 4 nitrogen and oxygen atoms in total. The van der Waals surface area contributed by atoms with Crippen molar-refractivity contribution in [2.45, 2.75) is 22.2 Å². The summed E-state index contributed by atoms with van der Waals surface area (Å²) >= 11 is 0.732. The Hall–Kier alpha value is -1.42. The molecule has 0 spiro atoms. The first kappa shape index (κ1) is 17.9. The maximum absolute atomic E-state index is 13.6. The predicted molar refractivity (Wildman–Crippen MR) is 80.8 cm³/mol. The van der Waals surface area contributed by atoms with E-state index in [0.29, 0.717) is 0 Å². The van der Waals surface area contributed by atoms with Crippen LogP contribution in [0.25, 0.3) is 0 Å². The molecule has 0 saturated carbocycles. The minimum absolute atomic E-state index is 0.0504. The van der Waals surface area contributed by atoms with Crippen LogP contribution in [-0.4, -0.2) is 26.3 Å². The van der Waals surface area contributed by atoms with Crippen LogP contribution in [0.2, 0.25) is 0 Å². The Labute approximate surface area is 135 Å². The quantitative estimate of drug-likeness (QED) is 0.855. The van der Waals surface area contributed by atoms with Crippen LogP contribution in [0.1, 0.15) is 23.0 Å². The van der Waals surface area contributed by atoms with Crippen molar-refractivity contribution in [3.05, 3.63) is 52.9 Å². The zero-order valence-electron chi connectivity index (χ0n) is 11.7. The van der Waals surface area contributed by atoms with Crippen LogP contribution in [0.5, 0.6) is 0 Å². The van der Waals surface area contributed by atoms with Crippen LogP contribution in [-0.2, 0) is 10.0 Å². The van der Waals surface area contributed by atoms with Crippen molar-refractivity contribution in [2.75, 3.05) is 6.61 Å². The lowest BCUT2D eigenvalue weighted by atomic mass is 9.82. The number of aliphatic hydroxyl groups excluding tert-OH is 1. The summed E-state index contributed by atoms with van der Waals surface area (Å²) < 4.78 is 63.5. The standard InChI is InChI=1S/C14H14F3NO3S2/c15-14(16,17)12(9-4-2-1-3-5-9)11(8-19)10-6-7-22-13(10)23(18,20)21/h1-7,11-12,19H,8H2,(H2,18,20,21). The zero-order valence-corrected chi connectivity index (χ0v) is 13.3. The Morgan fingerprint density at radius 1 is 1.17 bits per heavy atom. The Bertz CT molecular complexity index is 757. The summed E-state index contributed by atoms with van der Waals surface area (Å²) in [6, 6.07) is 8.33. The first-order valence-electron chi connectivity index (χ1n) is 6.49. The fourth-order valence-electron chi connectivity index (χ4n) is 2.50. The van der Waals surface area contributed by atoms with E-state index in [2.05, 4.69) is 0 Å². The number of aliphatic hydroxyl groups is 1. The van der Waals surface area contributed by atoms with E-state index in [1.807, 2.05) is 0 Å². The zero-order chi connectivity index (χ0) is 17.3. The molecule has 1 aromatic heterocycles. The van der Waals surface area contributed by atoms with Gasteiger partial charge in [0, 0.05) is 5.92 Å². The number of hydrogen-bond donors (Lipinski definition) is 2. The fraction of sp³-hybridized carbons (Fsp3) is 0.286. The molecule has 0 radical (unpaired) electrons. The van der Waals surface area contributed by atoms with E-state index in [-0.39, 0.29) is 15.3 Å². The first-order valence-corrected chi connectivity index (χ1v) is 8.91. The van der Waals surface area contributed by atoms with Gasteiger partial charge in [-0.25, -0.2) is 13.6 Å². The molecule has 9 heteroatoms. The third kappa shape index (κ3) is 3.92. The molecule has 23 heavy (non-hydrogen) atoms. The summed E-state index contributed by atoms with van der Waals surface area (Å²) in [6.07, 6.45) is -4.66. The average Bonchev–Trinajstić information content (AvgIpc) is 2.93. The minimum atomic E-state index is -4.66. The molecule has 2 atom stereocenters. The third-order valence-corrected chi connectivity index (χ3v) is 5.89. The van der Waals surface area contributed by atoms with Crippen molar-refractivity contribution < 1.29 is 26.7 Å². The van der Waals surface area contributed by atoms with E-state index >= 15 is 0 Å². The van der Waals surface area contributed by atoms with Crippen molar-refractivity contribution in [3.63, 3.8) is 0 Å². The molecule has 0 aliphatic heterocycles. The molecule has 2 aromatic rings. The molecule has 0 aliphatic rings. The van der Waals surface area contributed by atoms with Gasteiger partial charge in [0.15, 0.2) is 0 Å². The third-order valence-electron chi connectivity index (χ3n) is 3.43. The Kier molecular flexibility index (Phi) is 5.14. The van der Waals surface area contributed by atoms with E-state index in [1.165, 1.54) is 35.7 Å². The van der Waals surface area contributed by atoms with Gasteiger partial charge in [-0.15, -0.1) is 11.3 Å². The lowest BCUT2D eigenvalue weighted by Gasteiger charge is -2.28. The van der Waals surface area contributed by atoms with Crippen LogP contribution >= 0.6 is 11.3 Å². The van der Waals surface area contributed by atoms with E-state index in [0.717, 1.165) is 11.3 Å². The van der Waals surface area contributed by atoms with Gasteiger partial charge < -0.3 is 5.11 Å². The highest BCUT2D eigenvalue weighted by molar-refractivity contribution is 7.91. The number of benzene rings is 1. The Balaban J connectivity index is 2.59. The van der Waals surface area contributed by atoms with Gasteiger partial charge in [-0.2, -0.15) is 13.2 Å². The Morgan fingerprint density at radius 2 is 1.78 bits per heavy atom. The lowest BCUT2D eigenvalue weighted by molar-refractivity contribution is -0.158. The predicted octanol–water partition coefficient (Wildman–Crippen LogP) is 2.82. The van der Waals surface area contributed by atoms with Crippen LogP contribution in [0.15, 0.2) is 46.0 Å². The molecular formula is C14H14F3NO3S2. The van der Waals surface area contributed by atoms with Crippen LogP contribution in [0, 0.1) is 0 Å². The second kappa shape index (κ2) is 6.60. The second-order valence-electron chi connectivity index (χ2n) is 4.93. The van der Waals surface area contributed by atoms with E-state index in [9.17, 15) is 26.7 Å². The monoisotopic (exact) mass is 365 g/mol. The highest BCUT2D eigenvalue weighted by atomic mass is 32.2. The van der Waals surface area contributed by atoms with Crippen molar-refractivity contribution in [1.29, 1.82) is 0 Å². The summed E-state index contributed by atoms with van der Waals surface area (Å²) in [5.74, 6) is -3.50. The van der Waals surface area contributed by atoms with Gasteiger partial charge in [-0.05, 0) is 22.6 Å².